The molecule has 0 aliphatic heterocycles. The monoisotopic (exact) mass is 249 g/mol. The van der Waals surface area contributed by atoms with Crippen molar-refractivity contribution >= 4 is 0 Å². The Bertz CT molecular complexity index is 390. The highest BCUT2D eigenvalue weighted by Crippen LogP contribution is 2.30. The molecule has 2 rings (SSSR count). The summed E-state index contributed by atoms with van der Waals surface area (Å²) in [7, 11) is 0. The lowest BCUT2D eigenvalue weighted by Crippen LogP contribution is -2.35. The summed E-state index contributed by atoms with van der Waals surface area (Å²) in [6, 6.07) is 6.61. The van der Waals surface area contributed by atoms with E-state index in [0.717, 1.165) is 18.6 Å². The van der Waals surface area contributed by atoms with Gasteiger partial charge in [-0.1, -0.05) is 26.0 Å². The second kappa shape index (κ2) is 6.21. The van der Waals surface area contributed by atoms with Crippen LogP contribution in [0, 0.1) is 0 Å². The van der Waals surface area contributed by atoms with E-state index in [1.165, 1.54) is 17.5 Å². The first-order chi connectivity index (χ1) is 8.66. The van der Waals surface area contributed by atoms with Crippen molar-refractivity contribution in [1.82, 2.24) is 5.32 Å². The lowest BCUT2D eigenvalue weighted by atomic mass is 10.1. The number of aliphatic hydroxyl groups excluding tert-OH is 1. The number of hydrogen-bond donors (Lipinski definition) is 2. The second-order valence-corrected chi connectivity index (χ2v) is 5.28. The molecule has 0 radical (unpaired) electrons. The van der Waals surface area contributed by atoms with E-state index in [1.807, 2.05) is 12.1 Å². The van der Waals surface area contributed by atoms with E-state index in [4.69, 9.17) is 4.74 Å². The molecule has 0 fully saturated rings. The molecule has 1 atom stereocenters. The minimum absolute atomic E-state index is 0.357. The largest absolute Gasteiger partial charge is 0.491 e. The number of aryl methyl sites for hydroxylation is 1. The van der Waals surface area contributed by atoms with Gasteiger partial charge in [-0.15, -0.1) is 0 Å². The number of ether oxygens (including phenoxy) is 1. The number of nitrogens with one attached hydrogen (secondary N) is 1. The molecule has 0 saturated carbocycles. The average molecular weight is 249 g/mol. The fourth-order valence-corrected chi connectivity index (χ4v) is 2.34. The van der Waals surface area contributed by atoms with Gasteiger partial charge in [-0.3, -0.25) is 0 Å². The summed E-state index contributed by atoms with van der Waals surface area (Å²) in [6.45, 7) is 5.07. The highest BCUT2D eigenvalue weighted by Gasteiger charge is 2.16. The van der Waals surface area contributed by atoms with Crippen LogP contribution in [0.4, 0.5) is 0 Å². The topological polar surface area (TPSA) is 41.5 Å². The van der Waals surface area contributed by atoms with Crippen molar-refractivity contribution in [2.45, 2.75) is 45.3 Å². The molecular formula is C15H23NO2. The number of rotatable bonds is 6. The van der Waals surface area contributed by atoms with Gasteiger partial charge in [0.1, 0.15) is 18.5 Å². The van der Waals surface area contributed by atoms with Crippen LogP contribution < -0.4 is 10.1 Å². The van der Waals surface area contributed by atoms with Gasteiger partial charge in [-0.05, 0) is 36.5 Å². The Kier molecular flexibility index (Phi) is 4.61. The molecule has 0 spiro atoms. The molecule has 3 nitrogen and oxygen atoms in total. The van der Waals surface area contributed by atoms with Crippen molar-refractivity contribution in [3.05, 3.63) is 29.3 Å². The van der Waals surface area contributed by atoms with Crippen LogP contribution in [-0.4, -0.2) is 30.4 Å². The molecule has 0 saturated heterocycles. The molecule has 0 heterocycles. The van der Waals surface area contributed by atoms with E-state index in [1.54, 1.807) is 0 Å². The number of benzene rings is 1. The maximum Gasteiger partial charge on any atom is 0.122 e. The van der Waals surface area contributed by atoms with Gasteiger partial charge in [0, 0.05) is 12.6 Å². The van der Waals surface area contributed by atoms with E-state index in [2.05, 4.69) is 25.2 Å². The van der Waals surface area contributed by atoms with Crippen LogP contribution in [0.2, 0.25) is 0 Å². The fourth-order valence-electron chi connectivity index (χ4n) is 2.34. The minimum Gasteiger partial charge on any atom is -0.491 e. The smallest absolute Gasteiger partial charge is 0.122 e. The zero-order valence-electron chi connectivity index (χ0n) is 11.3. The van der Waals surface area contributed by atoms with Crippen molar-refractivity contribution in [2.24, 2.45) is 0 Å². The molecule has 0 aromatic heterocycles. The molecule has 0 bridgehead atoms. The van der Waals surface area contributed by atoms with Crippen LogP contribution in [0.5, 0.6) is 5.75 Å². The normalized spacial score (nSPS) is 15.8. The van der Waals surface area contributed by atoms with Gasteiger partial charge in [-0.25, -0.2) is 0 Å². The van der Waals surface area contributed by atoms with Gasteiger partial charge in [-0.2, -0.15) is 0 Å². The zero-order chi connectivity index (χ0) is 13.0. The summed E-state index contributed by atoms with van der Waals surface area (Å²) < 4.78 is 5.75. The zero-order valence-corrected chi connectivity index (χ0v) is 11.3. The summed E-state index contributed by atoms with van der Waals surface area (Å²) in [5.41, 5.74) is 2.74. The van der Waals surface area contributed by atoms with E-state index >= 15 is 0 Å². The summed E-state index contributed by atoms with van der Waals surface area (Å²) >= 11 is 0. The molecule has 1 aromatic rings. The van der Waals surface area contributed by atoms with Crippen LogP contribution in [0.25, 0.3) is 0 Å². The summed E-state index contributed by atoms with van der Waals surface area (Å²) in [6.07, 6.45) is 3.02. The van der Waals surface area contributed by atoms with Crippen molar-refractivity contribution in [1.29, 1.82) is 0 Å². The van der Waals surface area contributed by atoms with E-state index < -0.39 is 6.10 Å². The minimum atomic E-state index is -0.454. The van der Waals surface area contributed by atoms with Crippen LogP contribution in [0.3, 0.4) is 0 Å². The predicted molar refractivity (Wildman–Crippen MR) is 73.1 cm³/mol. The molecule has 1 aromatic carbocycles. The van der Waals surface area contributed by atoms with Gasteiger partial charge in [0.2, 0.25) is 0 Å². The third-order valence-electron chi connectivity index (χ3n) is 3.30. The third-order valence-corrected chi connectivity index (χ3v) is 3.30. The number of hydrogen-bond acceptors (Lipinski definition) is 3. The van der Waals surface area contributed by atoms with Crippen molar-refractivity contribution in [3.63, 3.8) is 0 Å². The second-order valence-electron chi connectivity index (χ2n) is 5.28. The van der Waals surface area contributed by atoms with Crippen LogP contribution in [0.1, 0.15) is 31.4 Å². The quantitative estimate of drug-likeness (QED) is 0.809. The van der Waals surface area contributed by atoms with Gasteiger partial charge in [0.25, 0.3) is 0 Å². The Morgan fingerprint density at radius 2 is 2.17 bits per heavy atom. The van der Waals surface area contributed by atoms with E-state index in [0.29, 0.717) is 19.2 Å². The highest BCUT2D eigenvalue weighted by molar-refractivity contribution is 5.42. The first-order valence-electron chi connectivity index (χ1n) is 6.82. The maximum absolute atomic E-state index is 9.82. The van der Waals surface area contributed by atoms with E-state index in [-0.39, 0.29) is 0 Å². The highest BCUT2D eigenvalue weighted by atomic mass is 16.5. The lowest BCUT2D eigenvalue weighted by Gasteiger charge is -2.16. The predicted octanol–water partition coefficient (Wildman–Crippen LogP) is 1.91. The van der Waals surface area contributed by atoms with Gasteiger partial charge in [0.05, 0.1) is 0 Å². The molecule has 2 N–H and O–H groups in total. The van der Waals surface area contributed by atoms with Crippen molar-refractivity contribution in [2.75, 3.05) is 13.2 Å². The Morgan fingerprint density at radius 3 is 2.94 bits per heavy atom. The fraction of sp³-hybridized carbons (Fsp3) is 0.600. The first kappa shape index (κ1) is 13.4. The SMILES string of the molecule is CC(C)NCC(O)COc1cccc2c1CCC2. The standard InChI is InChI=1S/C15H23NO2/c1-11(2)16-9-13(17)10-18-15-8-4-6-12-5-3-7-14(12)15/h4,6,8,11,13,16-17H,3,5,7,9-10H2,1-2H3. The van der Waals surface area contributed by atoms with Crippen molar-refractivity contribution < 1.29 is 9.84 Å². The van der Waals surface area contributed by atoms with Gasteiger partial charge >= 0.3 is 0 Å². The summed E-state index contributed by atoms with van der Waals surface area (Å²) in [5.74, 6) is 0.952. The summed E-state index contributed by atoms with van der Waals surface area (Å²) in [5, 5.41) is 13.0. The molecule has 1 aliphatic rings. The Labute approximate surface area is 109 Å². The molecular weight excluding hydrogens is 226 g/mol. The average Bonchev–Trinajstić information content (AvgIpc) is 2.82. The number of aliphatic hydroxyl groups is 1. The number of fused-ring (bicyclic) bond motifs is 1. The molecule has 1 aliphatic carbocycles. The third kappa shape index (κ3) is 3.47. The summed E-state index contributed by atoms with van der Waals surface area (Å²) in [4.78, 5) is 0. The first-order valence-corrected chi connectivity index (χ1v) is 6.82. The van der Waals surface area contributed by atoms with E-state index in [9.17, 15) is 5.11 Å². The Hall–Kier alpha value is -1.06. The van der Waals surface area contributed by atoms with Crippen molar-refractivity contribution in [3.8, 4) is 5.75 Å². The molecule has 0 amide bonds. The molecule has 3 heteroatoms. The van der Waals surface area contributed by atoms with Crippen LogP contribution in [0.15, 0.2) is 18.2 Å². The maximum atomic E-state index is 9.82. The molecule has 100 valence electrons. The van der Waals surface area contributed by atoms with Crippen LogP contribution in [-0.2, 0) is 12.8 Å². The molecule has 1 unspecified atom stereocenters. The van der Waals surface area contributed by atoms with Gasteiger partial charge < -0.3 is 15.2 Å². The molecule has 18 heavy (non-hydrogen) atoms. The Morgan fingerprint density at radius 1 is 1.33 bits per heavy atom. The van der Waals surface area contributed by atoms with Crippen LogP contribution >= 0.6 is 0 Å². The Balaban J connectivity index is 1.85. The lowest BCUT2D eigenvalue weighted by molar-refractivity contribution is 0.104. The van der Waals surface area contributed by atoms with Gasteiger partial charge in [0.15, 0.2) is 0 Å².